The molecule has 1 heterocycles. The zero-order chi connectivity index (χ0) is 26.7. The standard InChI is InChI=1S/C26H21Cl4N3O3S/c1-36-23-8-7-19(13-21(23)30)33-25(35)22(14-24(34)31-18-4-2-3-16(27)11-18)32(26(33)37)10-9-15-5-6-17(28)12-20(15)29/h2-8,11-13,22H,9-10,14H2,1H3,(H,31,34)/t22-/m0/s1. The molecule has 192 valence electrons. The molecule has 0 spiro atoms. The van der Waals surface area contributed by atoms with Gasteiger partial charge in [-0.25, -0.2) is 0 Å². The lowest BCUT2D eigenvalue weighted by Gasteiger charge is -2.24. The summed E-state index contributed by atoms with van der Waals surface area (Å²) in [7, 11) is 1.50. The van der Waals surface area contributed by atoms with E-state index in [1.807, 2.05) is 6.07 Å². The van der Waals surface area contributed by atoms with Crippen LogP contribution in [0.25, 0.3) is 0 Å². The number of hydrogen-bond donors (Lipinski definition) is 1. The van der Waals surface area contributed by atoms with Crippen LogP contribution in [0.4, 0.5) is 11.4 Å². The highest BCUT2D eigenvalue weighted by atomic mass is 35.5. The minimum absolute atomic E-state index is 0.125. The van der Waals surface area contributed by atoms with Crippen molar-refractivity contribution in [3.05, 3.63) is 86.3 Å². The first kappa shape index (κ1) is 27.5. The number of nitrogens with zero attached hydrogens (tertiary/aromatic N) is 2. The molecule has 1 saturated heterocycles. The van der Waals surface area contributed by atoms with Crippen molar-refractivity contribution in [2.75, 3.05) is 23.9 Å². The van der Waals surface area contributed by atoms with Gasteiger partial charge in [-0.15, -0.1) is 0 Å². The van der Waals surface area contributed by atoms with E-state index >= 15 is 0 Å². The van der Waals surface area contributed by atoms with Crippen molar-refractivity contribution in [3.63, 3.8) is 0 Å². The molecular formula is C26H21Cl4N3O3S. The third kappa shape index (κ3) is 6.30. The second-order valence-corrected chi connectivity index (χ2v) is 10.3. The predicted octanol–water partition coefficient (Wildman–Crippen LogP) is 6.88. The molecule has 0 aliphatic carbocycles. The molecule has 1 aliphatic heterocycles. The van der Waals surface area contributed by atoms with E-state index in [4.69, 9.17) is 63.4 Å². The van der Waals surface area contributed by atoms with Crippen LogP contribution in [0.3, 0.4) is 0 Å². The van der Waals surface area contributed by atoms with Crippen LogP contribution in [0, 0.1) is 0 Å². The molecule has 1 N–H and O–H groups in total. The summed E-state index contributed by atoms with van der Waals surface area (Å²) >= 11 is 30.5. The van der Waals surface area contributed by atoms with Crippen LogP contribution in [0.15, 0.2) is 60.7 Å². The molecule has 0 bridgehead atoms. The predicted molar refractivity (Wildman–Crippen MR) is 153 cm³/mol. The third-order valence-electron chi connectivity index (χ3n) is 5.84. The maximum atomic E-state index is 13.6. The minimum atomic E-state index is -0.835. The third-order valence-corrected chi connectivity index (χ3v) is 7.37. The van der Waals surface area contributed by atoms with Gasteiger partial charge in [0.15, 0.2) is 5.11 Å². The number of carbonyl (C=O) groups is 2. The van der Waals surface area contributed by atoms with Gasteiger partial charge >= 0.3 is 0 Å². The fraction of sp³-hybridized carbons (Fsp3) is 0.192. The SMILES string of the molecule is COc1ccc(N2C(=O)[C@H](CC(=O)Nc3cccc(Cl)c3)N(CCc3ccc(Cl)cc3Cl)C2=S)cc1Cl. The first-order valence-electron chi connectivity index (χ1n) is 11.2. The van der Waals surface area contributed by atoms with Gasteiger partial charge in [0, 0.05) is 27.3 Å². The zero-order valence-electron chi connectivity index (χ0n) is 19.5. The van der Waals surface area contributed by atoms with E-state index < -0.39 is 6.04 Å². The molecule has 0 radical (unpaired) electrons. The quantitative estimate of drug-likeness (QED) is 0.287. The molecule has 2 amide bonds. The monoisotopic (exact) mass is 595 g/mol. The summed E-state index contributed by atoms with van der Waals surface area (Å²) in [4.78, 5) is 29.7. The number of amides is 2. The normalized spacial score (nSPS) is 15.3. The number of hydrogen-bond acceptors (Lipinski definition) is 4. The van der Waals surface area contributed by atoms with Crippen molar-refractivity contribution < 1.29 is 14.3 Å². The van der Waals surface area contributed by atoms with Gasteiger partial charge in [-0.05, 0) is 72.7 Å². The summed E-state index contributed by atoms with van der Waals surface area (Å²) < 4.78 is 5.22. The number of benzene rings is 3. The van der Waals surface area contributed by atoms with Gasteiger partial charge in [-0.3, -0.25) is 14.5 Å². The highest BCUT2D eigenvalue weighted by Crippen LogP contribution is 2.34. The molecule has 3 aromatic carbocycles. The molecule has 4 rings (SSSR count). The molecule has 11 heteroatoms. The van der Waals surface area contributed by atoms with Crippen molar-refractivity contribution >= 4 is 86.9 Å². The number of thiocarbonyl (C=S) groups is 1. The molecule has 1 aliphatic rings. The van der Waals surface area contributed by atoms with Crippen molar-refractivity contribution in [1.29, 1.82) is 0 Å². The summed E-state index contributed by atoms with van der Waals surface area (Å²) in [6.07, 6.45) is 0.354. The summed E-state index contributed by atoms with van der Waals surface area (Å²) in [5.74, 6) is -0.225. The largest absolute Gasteiger partial charge is 0.495 e. The van der Waals surface area contributed by atoms with Crippen LogP contribution >= 0.6 is 58.6 Å². The molecule has 3 aromatic rings. The Kier molecular flexibility index (Phi) is 8.82. The second kappa shape index (κ2) is 11.9. The number of rotatable bonds is 8. The molecule has 1 fully saturated rings. The Labute approximate surface area is 240 Å². The first-order valence-corrected chi connectivity index (χ1v) is 13.1. The number of nitrogens with one attached hydrogen (secondary N) is 1. The van der Waals surface area contributed by atoms with Crippen LogP contribution in [0.1, 0.15) is 12.0 Å². The fourth-order valence-electron chi connectivity index (χ4n) is 4.04. The number of carbonyl (C=O) groups excluding carboxylic acids is 2. The second-order valence-electron chi connectivity index (χ2n) is 8.23. The lowest BCUT2D eigenvalue weighted by Crippen LogP contribution is -2.39. The summed E-state index contributed by atoms with van der Waals surface area (Å²) in [5.41, 5.74) is 1.85. The highest BCUT2D eigenvalue weighted by Gasteiger charge is 2.44. The smallest absolute Gasteiger partial charge is 0.256 e. The Balaban J connectivity index is 1.60. The minimum Gasteiger partial charge on any atom is -0.495 e. The Bertz CT molecular complexity index is 1370. The van der Waals surface area contributed by atoms with Crippen molar-refractivity contribution in [1.82, 2.24) is 4.90 Å². The molecule has 6 nitrogen and oxygen atoms in total. The van der Waals surface area contributed by atoms with Gasteiger partial charge in [0.2, 0.25) is 5.91 Å². The van der Waals surface area contributed by atoms with E-state index in [2.05, 4.69) is 5.32 Å². The Morgan fingerprint density at radius 1 is 1.00 bits per heavy atom. The summed E-state index contributed by atoms with van der Waals surface area (Å²) in [6.45, 7) is 0.349. The maximum absolute atomic E-state index is 13.6. The lowest BCUT2D eigenvalue weighted by atomic mass is 10.1. The fourth-order valence-corrected chi connectivity index (χ4v) is 5.40. The lowest BCUT2D eigenvalue weighted by molar-refractivity contribution is -0.124. The van der Waals surface area contributed by atoms with Crippen LogP contribution in [-0.4, -0.2) is 41.5 Å². The van der Waals surface area contributed by atoms with Gasteiger partial charge in [0.1, 0.15) is 11.8 Å². The average Bonchev–Trinajstić information content (AvgIpc) is 3.07. The van der Waals surface area contributed by atoms with Gasteiger partial charge in [-0.2, -0.15) is 0 Å². The van der Waals surface area contributed by atoms with Crippen molar-refractivity contribution in [2.24, 2.45) is 0 Å². The summed E-state index contributed by atoms with van der Waals surface area (Å²) in [6, 6.07) is 16.1. The topological polar surface area (TPSA) is 61.9 Å². The molecular weight excluding hydrogens is 576 g/mol. The van der Waals surface area contributed by atoms with E-state index in [1.54, 1.807) is 59.5 Å². The van der Waals surface area contributed by atoms with E-state index in [0.29, 0.717) is 50.2 Å². The van der Waals surface area contributed by atoms with Crippen molar-refractivity contribution in [3.8, 4) is 5.75 Å². The number of methoxy groups -OCH3 is 1. The molecule has 0 unspecified atom stereocenters. The molecule has 1 atom stereocenters. The first-order chi connectivity index (χ1) is 17.7. The van der Waals surface area contributed by atoms with Gasteiger partial charge in [0.25, 0.3) is 5.91 Å². The van der Waals surface area contributed by atoms with Gasteiger partial charge in [0.05, 0.1) is 24.2 Å². The highest BCUT2D eigenvalue weighted by molar-refractivity contribution is 7.80. The maximum Gasteiger partial charge on any atom is 0.256 e. The van der Waals surface area contributed by atoms with Crippen LogP contribution in [0.5, 0.6) is 5.75 Å². The van der Waals surface area contributed by atoms with Gasteiger partial charge < -0.3 is 15.0 Å². The Morgan fingerprint density at radius 3 is 2.43 bits per heavy atom. The number of ether oxygens (including phenoxy) is 1. The Hall–Kier alpha value is -2.55. The van der Waals surface area contributed by atoms with Crippen molar-refractivity contribution in [2.45, 2.75) is 18.9 Å². The van der Waals surface area contributed by atoms with E-state index in [-0.39, 0.29) is 23.3 Å². The average molecular weight is 597 g/mol. The van der Waals surface area contributed by atoms with Crippen LogP contribution in [0.2, 0.25) is 20.1 Å². The molecule has 0 aromatic heterocycles. The number of anilines is 2. The van der Waals surface area contributed by atoms with E-state index in [9.17, 15) is 9.59 Å². The van der Waals surface area contributed by atoms with E-state index in [1.165, 1.54) is 12.0 Å². The molecule has 37 heavy (non-hydrogen) atoms. The van der Waals surface area contributed by atoms with Gasteiger partial charge in [-0.1, -0.05) is 58.5 Å². The summed E-state index contributed by atoms with van der Waals surface area (Å²) in [5, 5.41) is 4.91. The zero-order valence-corrected chi connectivity index (χ0v) is 23.4. The molecule has 0 saturated carbocycles. The van der Waals surface area contributed by atoms with E-state index in [0.717, 1.165) is 5.56 Å². The Morgan fingerprint density at radius 2 is 1.76 bits per heavy atom. The van der Waals surface area contributed by atoms with Crippen LogP contribution in [-0.2, 0) is 16.0 Å². The van der Waals surface area contributed by atoms with Crippen LogP contribution < -0.4 is 15.0 Å². The number of halogens is 4.